The fraction of sp³-hybridized carbons (Fsp3) is 0.500. The lowest BCUT2D eigenvalue weighted by Crippen LogP contribution is -2.39. The molecule has 0 aliphatic carbocycles. The number of benzene rings is 2. The Morgan fingerprint density at radius 3 is 2.42 bits per heavy atom. The molecule has 4 rings (SSSR count). The maximum absolute atomic E-state index is 13.4. The predicted octanol–water partition coefficient (Wildman–Crippen LogP) is 5.00. The molecule has 0 bridgehead atoms. The Kier molecular flexibility index (Phi) is 8.16. The van der Waals surface area contributed by atoms with Crippen molar-refractivity contribution in [2.75, 3.05) is 37.7 Å². The SMILES string of the molecule is CCC(=O)OCCN1CCC(CC(=O)N2CCCC(c3ccccc3)c3ccccc32)CC1. The van der Waals surface area contributed by atoms with E-state index in [-0.39, 0.29) is 11.9 Å². The molecule has 0 saturated carbocycles. The second-order valence-corrected chi connectivity index (χ2v) is 9.27. The molecule has 176 valence electrons. The van der Waals surface area contributed by atoms with Crippen LogP contribution in [0, 0.1) is 5.92 Å². The fourth-order valence-electron chi connectivity index (χ4n) is 5.21. The molecule has 2 heterocycles. The number of para-hydroxylation sites is 1. The van der Waals surface area contributed by atoms with Crippen molar-refractivity contribution in [3.63, 3.8) is 0 Å². The van der Waals surface area contributed by atoms with Gasteiger partial charge < -0.3 is 9.64 Å². The van der Waals surface area contributed by atoms with Crippen molar-refractivity contribution in [2.45, 2.75) is 51.4 Å². The van der Waals surface area contributed by atoms with Gasteiger partial charge in [0, 0.05) is 37.5 Å². The van der Waals surface area contributed by atoms with Gasteiger partial charge in [-0.2, -0.15) is 0 Å². The molecule has 2 aliphatic heterocycles. The van der Waals surface area contributed by atoms with Gasteiger partial charge in [0.25, 0.3) is 0 Å². The van der Waals surface area contributed by atoms with Crippen LogP contribution in [0.15, 0.2) is 54.6 Å². The lowest BCUT2D eigenvalue weighted by atomic mass is 9.87. The topological polar surface area (TPSA) is 49.9 Å². The number of piperidine rings is 1. The fourth-order valence-corrected chi connectivity index (χ4v) is 5.21. The summed E-state index contributed by atoms with van der Waals surface area (Å²) >= 11 is 0. The first-order valence-corrected chi connectivity index (χ1v) is 12.5. The minimum atomic E-state index is -0.136. The van der Waals surface area contributed by atoms with Crippen LogP contribution >= 0.6 is 0 Å². The molecule has 33 heavy (non-hydrogen) atoms. The highest BCUT2D eigenvalue weighted by atomic mass is 16.5. The average molecular weight is 449 g/mol. The molecule has 0 N–H and O–H groups in total. The van der Waals surface area contributed by atoms with Gasteiger partial charge in [0.05, 0.1) is 0 Å². The summed E-state index contributed by atoms with van der Waals surface area (Å²) < 4.78 is 5.21. The molecule has 2 aromatic carbocycles. The monoisotopic (exact) mass is 448 g/mol. The van der Waals surface area contributed by atoms with E-state index in [1.807, 2.05) is 6.92 Å². The summed E-state index contributed by atoms with van der Waals surface area (Å²) in [7, 11) is 0. The van der Waals surface area contributed by atoms with E-state index in [9.17, 15) is 9.59 Å². The Bertz CT molecular complexity index is 922. The van der Waals surface area contributed by atoms with Gasteiger partial charge in [0.2, 0.25) is 5.91 Å². The number of carbonyl (C=O) groups excluding carboxylic acids is 2. The number of likely N-dealkylation sites (tertiary alicyclic amines) is 1. The van der Waals surface area contributed by atoms with E-state index < -0.39 is 0 Å². The molecule has 5 nitrogen and oxygen atoms in total. The maximum Gasteiger partial charge on any atom is 0.305 e. The number of ether oxygens (including phenoxy) is 1. The summed E-state index contributed by atoms with van der Waals surface area (Å²) in [6.45, 7) is 5.79. The number of carbonyl (C=O) groups is 2. The zero-order valence-electron chi connectivity index (χ0n) is 19.7. The number of hydrogen-bond acceptors (Lipinski definition) is 4. The van der Waals surface area contributed by atoms with Gasteiger partial charge in [-0.05, 0) is 61.9 Å². The highest BCUT2D eigenvalue weighted by Crippen LogP contribution is 2.39. The van der Waals surface area contributed by atoms with E-state index in [0.29, 0.717) is 31.3 Å². The number of fused-ring (bicyclic) bond motifs is 1. The molecular weight excluding hydrogens is 412 g/mol. The number of hydrogen-bond donors (Lipinski definition) is 0. The van der Waals surface area contributed by atoms with E-state index in [1.165, 1.54) is 11.1 Å². The molecule has 2 aliphatic rings. The van der Waals surface area contributed by atoms with Crippen molar-refractivity contribution in [2.24, 2.45) is 5.92 Å². The Balaban J connectivity index is 1.36. The summed E-state index contributed by atoms with van der Waals surface area (Å²) in [5.41, 5.74) is 3.69. The number of anilines is 1. The molecular formula is C28H36N2O3. The van der Waals surface area contributed by atoms with Crippen LogP contribution in [-0.4, -0.2) is 49.6 Å². The van der Waals surface area contributed by atoms with Gasteiger partial charge in [-0.1, -0.05) is 55.5 Å². The minimum absolute atomic E-state index is 0.136. The molecule has 0 spiro atoms. The van der Waals surface area contributed by atoms with Crippen LogP contribution in [0.5, 0.6) is 0 Å². The van der Waals surface area contributed by atoms with Crippen molar-refractivity contribution in [1.82, 2.24) is 4.90 Å². The first-order valence-electron chi connectivity index (χ1n) is 12.5. The van der Waals surface area contributed by atoms with Gasteiger partial charge in [-0.25, -0.2) is 0 Å². The third-order valence-electron chi connectivity index (χ3n) is 7.11. The van der Waals surface area contributed by atoms with Crippen molar-refractivity contribution in [3.8, 4) is 0 Å². The highest BCUT2D eigenvalue weighted by molar-refractivity contribution is 5.94. The number of esters is 1. The van der Waals surface area contributed by atoms with Crippen LogP contribution < -0.4 is 4.90 Å². The van der Waals surface area contributed by atoms with Gasteiger partial charge >= 0.3 is 5.97 Å². The van der Waals surface area contributed by atoms with Crippen LogP contribution in [0.2, 0.25) is 0 Å². The molecule has 0 radical (unpaired) electrons. The lowest BCUT2D eigenvalue weighted by molar-refractivity contribution is -0.143. The van der Waals surface area contributed by atoms with Crippen LogP contribution in [-0.2, 0) is 14.3 Å². The first-order chi connectivity index (χ1) is 16.2. The van der Waals surface area contributed by atoms with Crippen molar-refractivity contribution >= 4 is 17.6 Å². The predicted molar refractivity (Wildman–Crippen MR) is 131 cm³/mol. The molecule has 1 unspecified atom stereocenters. The van der Waals surface area contributed by atoms with Crippen LogP contribution in [0.3, 0.4) is 0 Å². The normalized spacial score (nSPS) is 19.5. The van der Waals surface area contributed by atoms with Crippen LogP contribution in [0.1, 0.15) is 62.5 Å². The van der Waals surface area contributed by atoms with Crippen LogP contribution in [0.4, 0.5) is 5.69 Å². The number of amides is 1. The molecule has 1 fully saturated rings. The van der Waals surface area contributed by atoms with E-state index >= 15 is 0 Å². The Hall–Kier alpha value is -2.66. The molecule has 0 aromatic heterocycles. The Morgan fingerprint density at radius 1 is 0.939 bits per heavy atom. The second kappa shape index (κ2) is 11.5. The van der Waals surface area contributed by atoms with E-state index in [0.717, 1.165) is 57.5 Å². The zero-order valence-corrected chi connectivity index (χ0v) is 19.7. The largest absolute Gasteiger partial charge is 0.464 e. The Morgan fingerprint density at radius 2 is 1.67 bits per heavy atom. The molecule has 1 amide bonds. The van der Waals surface area contributed by atoms with E-state index in [1.54, 1.807) is 0 Å². The first kappa shape index (κ1) is 23.5. The smallest absolute Gasteiger partial charge is 0.305 e. The van der Waals surface area contributed by atoms with E-state index in [2.05, 4.69) is 64.4 Å². The van der Waals surface area contributed by atoms with E-state index in [4.69, 9.17) is 4.74 Å². The summed E-state index contributed by atoms with van der Waals surface area (Å²) in [6, 6.07) is 19.1. The third kappa shape index (κ3) is 6.02. The lowest BCUT2D eigenvalue weighted by Gasteiger charge is -2.33. The molecule has 5 heteroatoms. The summed E-state index contributed by atoms with van der Waals surface area (Å²) in [6.07, 6.45) is 5.16. The minimum Gasteiger partial charge on any atom is -0.464 e. The molecule has 1 saturated heterocycles. The quantitative estimate of drug-likeness (QED) is 0.559. The average Bonchev–Trinajstić information content (AvgIpc) is 3.05. The standard InChI is InChI=1S/C28H36N2O3/c1-2-28(32)33-20-19-29-17-14-22(15-18-29)21-27(31)30-16-8-12-24(23-9-4-3-5-10-23)25-11-6-7-13-26(25)30/h3-7,9-11,13,22,24H,2,8,12,14-21H2,1H3. The molecule has 2 aromatic rings. The van der Waals surface area contributed by atoms with Crippen LogP contribution in [0.25, 0.3) is 0 Å². The van der Waals surface area contributed by atoms with Crippen molar-refractivity contribution in [1.29, 1.82) is 0 Å². The van der Waals surface area contributed by atoms with Gasteiger partial charge in [0.15, 0.2) is 0 Å². The van der Waals surface area contributed by atoms with Gasteiger partial charge in [0.1, 0.15) is 6.61 Å². The van der Waals surface area contributed by atoms with Crippen molar-refractivity contribution in [3.05, 3.63) is 65.7 Å². The third-order valence-corrected chi connectivity index (χ3v) is 7.11. The summed E-state index contributed by atoms with van der Waals surface area (Å²) in [5, 5.41) is 0. The maximum atomic E-state index is 13.4. The number of nitrogens with zero attached hydrogens (tertiary/aromatic N) is 2. The highest BCUT2D eigenvalue weighted by Gasteiger charge is 2.29. The summed E-state index contributed by atoms with van der Waals surface area (Å²) in [4.78, 5) is 29.1. The molecule has 1 atom stereocenters. The van der Waals surface area contributed by atoms with Crippen molar-refractivity contribution < 1.29 is 14.3 Å². The van der Waals surface area contributed by atoms with Gasteiger partial charge in [-0.15, -0.1) is 0 Å². The Labute approximate surface area is 197 Å². The zero-order chi connectivity index (χ0) is 23.0. The summed E-state index contributed by atoms with van der Waals surface area (Å²) in [5.74, 6) is 0.881. The van der Waals surface area contributed by atoms with Gasteiger partial charge in [-0.3, -0.25) is 14.5 Å². The second-order valence-electron chi connectivity index (χ2n) is 9.27. The number of rotatable bonds is 7.